The third kappa shape index (κ3) is 3.08. The molecule has 0 fully saturated rings. The second-order valence-corrected chi connectivity index (χ2v) is 8.79. The Labute approximate surface area is 194 Å². The van der Waals surface area contributed by atoms with E-state index in [0.717, 1.165) is 0 Å². The zero-order valence-electron chi connectivity index (χ0n) is 18.6. The largest absolute Gasteiger partial charge is 0.316 e. The zero-order chi connectivity index (χ0) is 22.3. The van der Waals surface area contributed by atoms with Crippen LogP contribution in [0.4, 0.5) is 0 Å². The van der Waals surface area contributed by atoms with Crippen LogP contribution in [0.1, 0.15) is 23.6 Å². The number of benzene rings is 5. The third-order valence-corrected chi connectivity index (χ3v) is 6.97. The minimum absolute atomic E-state index is 0.287. The van der Waals surface area contributed by atoms with Crippen molar-refractivity contribution in [2.24, 2.45) is 0 Å². The molecule has 0 saturated heterocycles. The maximum atomic E-state index is 2.40. The van der Waals surface area contributed by atoms with Gasteiger partial charge in [0.25, 0.3) is 0 Å². The number of para-hydroxylation sites is 1. The maximum Gasteiger partial charge on any atom is 0.0607 e. The Bertz CT molecular complexity index is 1500. The molecule has 5 aromatic carbocycles. The van der Waals surface area contributed by atoms with Crippen LogP contribution in [-0.2, 0) is 5.41 Å². The number of nitrogens with zero attached hydrogens (tertiary/aromatic N) is 1. The highest BCUT2D eigenvalue weighted by Crippen LogP contribution is 2.44. The second-order valence-electron chi connectivity index (χ2n) is 8.79. The number of hydrogen-bond acceptors (Lipinski definition) is 0. The maximum absolute atomic E-state index is 2.40. The van der Waals surface area contributed by atoms with Gasteiger partial charge in [-0.25, -0.2) is 0 Å². The van der Waals surface area contributed by atoms with Crippen molar-refractivity contribution in [1.29, 1.82) is 0 Å². The summed E-state index contributed by atoms with van der Waals surface area (Å²) < 4.78 is 2.31. The summed E-state index contributed by atoms with van der Waals surface area (Å²) in [5.41, 5.74) is 6.06. The molecule has 0 spiro atoms. The smallest absolute Gasteiger partial charge is 0.0607 e. The minimum atomic E-state index is -0.287. The van der Waals surface area contributed by atoms with E-state index in [1.807, 2.05) is 0 Å². The van der Waals surface area contributed by atoms with Gasteiger partial charge < -0.3 is 4.57 Å². The van der Waals surface area contributed by atoms with Crippen LogP contribution in [-0.4, -0.2) is 4.57 Å². The van der Waals surface area contributed by atoms with Crippen LogP contribution in [0.5, 0.6) is 0 Å². The van der Waals surface area contributed by atoms with E-state index in [-0.39, 0.29) is 5.41 Å². The first-order chi connectivity index (χ1) is 16.3. The van der Waals surface area contributed by atoms with Crippen LogP contribution in [0.25, 0.3) is 27.4 Å². The number of aromatic nitrogens is 1. The fourth-order valence-corrected chi connectivity index (χ4v) is 5.24. The Morgan fingerprint density at radius 1 is 0.545 bits per heavy atom. The molecule has 158 valence electrons. The SMILES string of the molecule is CC(c1ccccc1)(c1ccccc1)c1cc2ccn(-c3ccccc3)c2c2ccccc12. The van der Waals surface area contributed by atoms with Crippen LogP contribution >= 0.6 is 0 Å². The molecule has 0 amide bonds. The van der Waals surface area contributed by atoms with E-state index in [4.69, 9.17) is 0 Å². The summed E-state index contributed by atoms with van der Waals surface area (Å²) >= 11 is 0. The summed E-state index contributed by atoms with van der Waals surface area (Å²) in [6, 6.07) is 45.8. The van der Waals surface area contributed by atoms with Crippen molar-refractivity contribution in [2.75, 3.05) is 0 Å². The van der Waals surface area contributed by atoms with E-state index in [9.17, 15) is 0 Å². The minimum Gasteiger partial charge on any atom is -0.316 e. The highest BCUT2D eigenvalue weighted by molar-refractivity contribution is 6.09. The van der Waals surface area contributed by atoms with E-state index in [1.165, 1.54) is 44.1 Å². The van der Waals surface area contributed by atoms with Crippen LogP contribution in [0, 0.1) is 0 Å². The molecule has 0 aliphatic carbocycles. The van der Waals surface area contributed by atoms with Gasteiger partial charge in [0.05, 0.1) is 5.52 Å². The van der Waals surface area contributed by atoms with E-state index in [1.54, 1.807) is 0 Å². The highest BCUT2D eigenvalue weighted by Gasteiger charge is 2.33. The van der Waals surface area contributed by atoms with E-state index in [0.29, 0.717) is 0 Å². The summed E-state index contributed by atoms with van der Waals surface area (Å²) in [6.45, 7) is 2.36. The Hall–Kier alpha value is -4.10. The Morgan fingerprint density at radius 2 is 1.06 bits per heavy atom. The van der Waals surface area contributed by atoms with Gasteiger partial charge in [0, 0.05) is 28.1 Å². The van der Waals surface area contributed by atoms with Crippen molar-refractivity contribution in [3.05, 3.63) is 150 Å². The average molecular weight is 424 g/mol. The number of fused-ring (bicyclic) bond motifs is 3. The summed E-state index contributed by atoms with van der Waals surface area (Å²) in [4.78, 5) is 0. The molecule has 0 radical (unpaired) electrons. The van der Waals surface area contributed by atoms with Crippen LogP contribution in [0.15, 0.2) is 134 Å². The summed E-state index contributed by atoms with van der Waals surface area (Å²) in [5.74, 6) is 0. The van der Waals surface area contributed by atoms with Crippen LogP contribution < -0.4 is 0 Å². The number of rotatable bonds is 4. The monoisotopic (exact) mass is 423 g/mol. The summed E-state index contributed by atoms with van der Waals surface area (Å²) in [7, 11) is 0. The molecule has 6 aromatic rings. The lowest BCUT2D eigenvalue weighted by molar-refractivity contribution is 0.700. The lowest BCUT2D eigenvalue weighted by Crippen LogP contribution is -2.25. The molecule has 1 heteroatoms. The molecule has 6 rings (SSSR count). The van der Waals surface area contributed by atoms with Gasteiger partial charge >= 0.3 is 0 Å². The first kappa shape index (κ1) is 19.6. The fourth-order valence-electron chi connectivity index (χ4n) is 5.24. The summed E-state index contributed by atoms with van der Waals surface area (Å²) in [6.07, 6.45) is 2.19. The second kappa shape index (κ2) is 7.79. The van der Waals surface area contributed by atoms with Crippen molar-refractivity contribution in [3.8, 4) is 5.69 Å². The van der Waals surface area contributed by atoms with Gasteiger partial charge in [-0.2, -0.15) is 0 Å². The van der Waals surface area contributed by atoms with Crippen molar-refractivity contribution in [3.63, 3.8) is 0 Å². The van der Waals surface area contributed by atoms with Gasteiger partial charge in [0.2, 0.25) is 0 Å². The first-order valence-corrected chi connectivity index (χ1v) is 11.5. The predicted molar refractivity (Wildman–Crippen MR) is 139 cm³/mol. The molecule has 0 saturated carbocycles. The van der Waals surface area contributed by atoms with Crippen LogP contribution in [0.2, 0.25) is 0 Å². The summed E-state index contributed by atoms with van der Waals surface area (Å²) in [5, 5.41) is 3.82. The predicted octanol–water partition coefficient (Wildman–Crippen LogP) is 8.14. The molecule has 0 unspecified atom stereocenters. The van der Waals surface area contributed by atoms with Gasteiger partial charge in [-0.3, -0.25) is 0 Å². The molecular weight excluding hydrogens is 398 g/mol. The normalized spacial score (nSPS) is 11.8. The fraction of sp³-hybridized carbons (Fsp3) is 0.0625. The molecule has 33 heavy (non-hydrogen) atoms. The molecule has 0 aliphatic heterocycles. The van der Waals surface area contributed by atoms with Crippen molar-refractivity contribution < 1.29 is 0 Å². The van der Waals surface area contributed by atoms with E-state index >= 15 is 0 Å². The molecule has 1 nitrogen and oxygen atoms in total. The lowest BCUT2D eigenvalue weighted by Gasteiger charge is -2.33. The molecule has 0 bridgehead atoms. The molecule has 1 aromatic heterocycles. The molecule has 0 atom stereocenters. The average Bonchev–Trinajstić information content (AvgIpc) is 3.34. The molecule has 0 aliphatic rings. The highest BCUT2D eigenvalue weighted by atomic mass is 15.0. The molecular formula is C32H25N. The van der Waals surface area contributed by atoms with Crippen molar-refractivity contribution in [1.82, 2.24) is 4.57 Å². The Balaban J connectivity index is 1.72. The lowest BCUT2D eigenvalue weighted by atomic mass is 9.69. The first-order valence-electron chi connectivity index (χ1n) is 11.5. The van der Waals surface area contributed by atoms with Crippen molar-refractivity contribution in [2.45, 2.75) is 12.3 Å². The van der Waals surface area contributed by atoms with E-state index < -0.39 is 0 Å². The molecule has 0 N–H and O–H groups in total. The van der Waals surface area contributed by atoms with Gasteiger partial charge in [0.1, 0.15) is 0 Å². The third-order valence-electron chi connectivity index (χ3n) is 6.97. The van der Waals surface area contributed by atoms with Crippen LogP contribution in [0.3, 0.4) is 0 Å². The Morgan fingerprint density at radius 3 is 1.67 bits per heavy atom. The standard InChI is InChI=1S/C32H25N/c1-32(25-13-5-2-6-14-25,26-15-7-3-8-16-26)30-23-24-21-22-33(27-17-9-4-10-18-27)31(24)29-20-12-11-19-28(29)30/h2-23H,1H3. The van der Waals surface area contributed by atoms with Gasteiger partial charge in [0.15, 0.2) is 0 Å². The Kier molecular flexibility index (Phi) is 4.62. The molecule has 1 heterocycles. The number of hydrogen-bond donors (Lipinski definition) is 0. The quantitative estimate of drug-likeness (QED) is 0.252. The van der Waals surface area contributed by atoms with Gasteiger partial charge in [-0.05, 0) is 53.3 Å². The topological polar surface area (TPSA) is 4.93 Å². The van der Waals surface area contributed by atoms with Gasteiger partial charge in [-0.15, -0.1) is 0 Å². The van der Waals surface area contributed by atoms with Gasteiger partial charge in [-0.1, -0.05) is 103 Å². The van der Waals surface area contributed by atoms with E-state index in [2.05, 4.69) is 145 Å². The zero-order valence-corrected chi connectivity index (χ0v) is 18.6. The van der Waals surface area contributed by atoms with Crippen molar-refractivity contribution >= 4 is 21.7 Å².